The first-order valence-electron chi connectivity index (χ1n) is 7.17. The number of carbonyl (C=O) groups excluding carboxylic acids is 1. The summed E-state index contributed by atoms with van der Waals surface area (Å²) in [5, 5.41) is 12.5. The molecule has 0 radical (unpaired) electrons. The van der Waals surface area contributed by atoms with E-state index in [0.717, 1.165) is 10.9 Å². The highest BCUT2D eigenvalue weighted by molar-refractivity contribution is 5.83. The molecule has 0 aliphatic heterocycles. The molecular formula is C16H19N3O4. The molecule has 0 aliphatic carbocycles. The van der Waals surface area contributed by atoms with Crippen LogP contribution >= 0.6 is 0 Å². The second kappa shape index (κ2) is 6.60. The van der Waals surface area contributed by atoms with E-state index in [2.05, 4.69) is 15.3 Å². The third-order valence-electron chi connectivity index (χ3n) is 3.01. The molecule has 1 amide bonds. The predicted octanol–water partition coefficient (Wildman–Crippen LogP) is 2.15. The van der Waals surface area contributed by atoms with Crippen molar-refractivity contribution in [1.29, 1.82) is 0 Å². The summed E-state index contributed by atoms with van der Waals surface area (Å²) in [5.74, 6) is -1.15. The van der Waals surface area contributed by atoms with E-state index in [-0.39, 0.29) is 6.42 Å². The first-order valence-corrected chi connectivity index (χ1v) is 7.17. The molecule has 0 aliphatic rings. The van der Waals surface area contributed by atoms with Crippen molar-refractivity contribution < 1.29 is 19.4 Å². The largest absolute Gasteiger partial charge is 0.480 e. The number of carboxylic acid groups (broad SMARTS) is 1. The summed E-state index contributed by atoms with van der Waals surface area (Å²) in [6.07, 6.45) is 0.644. The highest BCUT2D eigenvalue weighted by Crippen LogP contribution is 2.16. The third kappa shape index (κ3) is 4.64. The van der Waals surface area contributed by atoms with Crippen molar-refractivity contribution >= 4 is 23.0 Å². The molecule has 0 saturated heterocycles. The van der Waals surface area contributed by atoms with E-state index < -0.39 is 23.7 Å². The van der Waals surface area contributed by atoms with Crippen molar-refractivity contribution in [2.75, 3.05) is 0 Å². The summed E-state index contributed by atoms with van der Waals surface area (Å²) in [7, 11) is 0. The lowest BCUT2D eigenvalue weighted by molar-refractivity contribution is -0.139. The molecule has 0 spiro atoms. The molecule has 1 atom stereocenters. The van der Waals surface area contributed by atoms with Crippen molar-refractivity contribution in [3.05, 3.63) is 36.3 Å². The summed E-state index contributed by atoms with van der Waals surface area (Å²) in [5.41, 5.74) is 0.576. The lowest BCUT2D eigenvalue weighted by Gasteiger charge is -2.22. The second-order valence-electron chi connectivity index (χ2n) is 6.08. The summed E-state index contributed by atoms with van der Waals surface area (Å²) in [6.45, 7) is 5.13. The molecule has 2 rings (SSSR count). The van der Waals surface area contributed by atoms with E-state index in [0.29, 0.717) is 5.69 Å². The fourth-order valence-electron chi connectivity index (χ4n) is 2.07. The van der Waals surface area contributed by atoms with Crippen LogP contribution in [0.3, 0.4) is 0 Å². The molecule has 2 aromatic rings. The number of carboxylic acids is 1. The van der Waals surface area contributed by atoms with Gasteiger partial charge in [-0.15, -0.1) is 0 Å². The fraction of sp³-hybridized carbons (Fsp3) is 0.375. The maximum atomic E-state index is 11.8. The molecule has 0 bridgehead atoms. The van der Waals surface area contributed by atoms with Crippen LogP contribution in [0.2, 0.25) is 0 Å². The van der Waals surface area contributed by atoms with Gasteiger partial charge in [-0.2, -0.15) is 0 Å². The minimum Gasteiger partial charge on any atom is -0.480 e. The predicted molar refractivity (Wildman–Crippen MR) is 84.0 cm³/mol. The zero-order valence-electron chi connectivity index (χ0n) is 13.2. The van der Waals surface area contributed by atoms with E-state index >= 15 is 0 Å². The van der Waals surface area contributed by atoms with E-state index in [1.807, 2.05) is 24.3 Å². The number of alkyl carbamates (subject to hydrolysis) is 1. The molecule has 1 aromatic heterocycles. The van der Waals surface area contributed by atoms with Crippen molar-refractivity contribution in [1.82, 2.24) is 15.3 Å². The Morgan fingerprint density at radius 2 is 1.96 bits per heavy atom. The Bertz CT molecular complexity index is 719. The number of nitrogens with zero attached hydrogens (tertiary/aromatic N) is 2. The molecule has 1 aromatic carbocycles. The van der Waals surface area contributed by atoms with E-state index in [1.165, 1.54) is 6.33 Å². The Hall–Kier alpha value is -2.70. The molecule has 1 unspecified atom stereocenters. The number of ether oxygens (including phenoxy) is 1. The first kappa shape index (κ1) is 16.7. The first-order chi connectivity index (χ1) is 10.8. The maximum absolute atomic E-state index is 11.8. The van der Waals surface area contributed by atoms with Gasteiger partial charge in [0.1, 0.15) is 18.0 Å². The number of amides is 1. The van der Waals surface area contributed by atoms with Gasteiger partial charge in [-0.25, -0.2) is 19.6 Å². The van der Waals surface area contributed by atoms with Crippen molar-refractivity contribution in [2.45, 2.75) is 38.8 Å². The lowest BCUT2D eigenvalue weighted by Crippen LogP contribution is -2.44. The van der Waals surface area contributed by atoms with Crippen LogP contribution in [0.15, 0.2) is 30.6 Å². The molecule has 7 nitrogen and oxygen atoms in total. The quantitative estimate of drug-likeness (QED) is 0.896. The smallest absolute Gasteiger partial charge is 0.408 e. The molecule has 7 heteroatoms. The zero-order valence-corrected chi connectivity index (χ0v) is 13.2. The van der Waals surface area contributed by atoms with Crippen LogP contribution in [0.25, 0.3) is 10.9 Å². The number of rotatable bonds is 4. The van der Waals surface area contributed by atoms with E-state index in [4.69, 9.17) is 4.74 Å². The van der Waals surface area contributed by atoms with Crippen LogP contribution in [0.4, 0.5) is 4.79 Å². The molecule has 23 heavy (non-hydrogen) atoms. The van der Waals surface area contributed by atoms with Crippen LogP contribution in [-0.2, 0) is 16.0 Å². The number of fused-ring (bicyclic) bond motifs is 1. The number of para-hydroxylation sites is 1. The van der Waals surface area contributed by atoms with Gasteiger partial charge in [-0.3, -0.25) is 0 Å². The summed E-state index contributed by atoms with van der Waals surface area (Å²) in [4.78, 5) is 31.5. The number of hydrogen-bond acceptors (Lipinski definition) is 5. The van der Waals surface area contributed by atoms with Crippen molar-refractivity contribution in [2.24, 2.45) is 0 Å². The molecule has 0 fully saturated rings. The van der Waals surface area contributed by atoms with Gasteiger partial charge in [-0.1, -0.05) is 18.2 Å². The molecule has 122 valence electrons. The number of aromatic nitrogens is 2. The van der Waals surface area contributed by atoms with Gasteiger partial charge in [0.05, 0.1) is 11.2 Å². The average Bonchev–Trinajstić information content (AvgIpc) is 2.44. The minimum atomic E-state index is -1.15. The fourth-order valence-corrected chi connectivity index (χ4v) is 2.07. The third-order valence-corrected chi connectivity index (χ3v) is 3.01. The summed E-state index contributed by atoms with van der Waals surface area (Å²) >= 11 is 0. The van der Waals surface area contributed by atoms with Gasteiger partial charge in [0.25, 0.3) is 0 Å². The number of benzene rings is 1. The number of nitrogens with one attached hydrogen (secondary N) is 1. The Kier molecular flexibility index (Phi) is 4.78. The Morgan fingerprint density at radius 3 is 2.61 bits per heavy atom. The Morgan fingerprint density at radius 1 is 1.26 bits per heavy atom. The van der Waals surface area contributed by atoms with Crippen LogP contribution in [0, 0.1) is 0 Å². The van der Waals surface area contributed by atoms with Gasteiger partial charge >= 0.3 is 12.1 Å². The van der Waals surface area contributed by atoms with Crippen molar-refractivity contribution in [3.8, 4) is 0 Å². The number of carbonyl (C=O) groups is 2. The topological polar surface area (TPSA) is 101 Å². The summed E-state index contributed by atoms with van der Waals surface area (Å²) < 4.78 is 5.10. The minimum absolute atomic E-state index is 0.0393. The number of hydrogen-bond donors (Lipinski definition) is 2. The molecule has 2 N–H and O–H groups in total. The Labute approximate surface area is 133 Å². The zero-order chi connectivity index (χ0) is 17.0. The highest BCUT2D eigenvalue weighted by Gasteiger charge is 2.25. The van der Waals surface area contributed by atoms with E-state index in [1.54, 1.807) is 20.8 Å². The van der Waals surface area contributed by atoms with Gasteiger partial charge in [-0.05, 0) is 26.8 Å². The van der Waals surface area contributed by atoms with E-state index in [9.17, 15) is 14.7 Å². The average molecular weight is 317 g/mol. The van der Waals surface area contributed by atoms with Gasteiger partial charge in [0.2, 0.25) is 0 Å². The standard InChI is InChI=1S/C16H19N3O4/c1-16(2,3)23-15(22)19-13(14(20)21)8-12-10-6-4-5-7-11(10)17-9-18-12/h4-7,9,13H,8H2,1-3H3,(H,19,22)(H,20,21). The normalized spacial score (nSPS) is 12.7. The van der Waals surface area contributed by atoms with Gasteiger partial charge in [0.15, 0.2) is 0 Å². The summed E-state index contributed by atoms with van der Waals surface area (Å²) in [6, 6.07) is 6.16. The SMILES string of the molecule is CC(C)(C)OC(=O)NC(Cc1ncnc2ccccc12)C(=O)O. The van der Waals surface area contributed by atoms with Crippen LogP contribution < -0.4 is 5.32 Å². The highest BCUT2D eigenvalue weighted by atomic mass is 16.6. The number of aliphatic carboxylic acids is 1. The van der Waals surface area contributed by atoms with Crippen LogP contribution in [-0.4, -0.2) is 38.8 Å². The molecule has 0 saturated carbocycles. The second-order valence-corrected chi connectivity index (χ2v) is 6.08. The van der Waals surface area contributed by atoms with Gasteiger partial charge in [0, 0.05) is 11.8 Å². The van der Waals surface area contributed by atoms with Gasteiger partial charge < -0.3 is 15.2 Å². The molecular weight excluding hydrogens is 298 g/mol. The lowest BCUT2D eigenvalue weighted by atomic mass is 10.1. The van der Waals surface area contributed by atoms with Crippen LogP contribution in [0.5, 0.6) is 0 Å². The monoisotopic (exact) mass is 317 g/mol. The van der Waals surface area contributed by atoms with Crippen molar-refractivity contribution in [3.63, 3.8) is 0 Å². The Balaban J connectivity index is 2.19. The van der Waals surface area contributed by atoms with Crippen LogP contribution in [0.1, 0.15) is 26.5 Å². The maximum Gasteiger partial charge on any atom is 0.408 e. The molecule has 1 heterocycles.